The van der Waals surface area contributed by atoms with E-state index >= 15 is 0 Å². The average molecular weight is 559 g/mol. The van der Waals surface area contributed by atoms with E-state index in [0.29, 0.717) is 24.3 Å². The van der Waals surface area contributed by atoms with E-state index in [4.69, 9.17) is 11.1 Å². The number of aromatic amines is 1. The number of nitrogens with one attached hydrogen (secondary N) is 2. The minimum absolute atomic E-state index is 0.100. The van der Waals surface area contributed by atoms with E-state index in [1.54, 1.807) is 17.3 Å². The molecule has 2 fully saturated rings. The first-order valence-electron chi connectivity index (χ1n) is 14.1. The number of alkyl halides is 2. The lowest BCUT2D eigenvalue weighted by Gasteiger charge is -2.34. The maximum atomic E-state index is 13.8. The van der Waals surface area contributed by atoms with Crippen LogP contribution < -0.4 is 10.6 Å². The Bertz CT molecular complexity index is 1560. The van der Waals surface area contributed by atoms with Crippen molar-refractivity contribution < 1.29 is 8.78 Å². The van der Waals surface area contributed by atoms with Gasteiger partial charge in [-0.1, -0.05) is 31.2 Å². The number of halogens is 2. The van der Waals surface area contributed by atoms with Crippen LogP contribution in [0.4, 0.5) is 20.3 Å². The van der Waals surface area contributed by atoms with E-state index in [0.717, 1.165) is 59.5 Å². The molecule has 8 nitrogen and oxygen atoms in total. The van der Waals surface area contributed by atoms with Gasteiger partial charge in [-0.2, -0.15) is 0 Å². The molecule has 1 atom stereocenters. The van der Waals surface area contributed by atoms with Crippen molar-refractivity contribution in [3.8, 4) is 0 Å². The van der Waals surface area contributed by atoms with Gasteiger partial charge in [0.15, 0.2) is 0 Å². The standard InChI is InChI=1S/C31H36F2N8/c1-20-3-4-21(18-40-6-5-31(32,33)19-40)12-22(11-20)23-13-25(30(35)37-15-23)29(34)26-14-24-27(38-26)16-36-17-28(24)41-9-7-39(2)8-10-41/h3-4,11-17,20,34,38H,5-10,18-19H2,1-2H3,(H2,35,37)/t20-/m0/s1. The van der Waals surface area contributed by atoms with Gasteiger partial charge in [-0.25, -0.2) is 13.8 Å². The van der Waals surface area contributed by atoms with Crippen LogP contribution in [0.15, 0.2) is 60.6 Å². The highest BCUT2D eigenvalue weighted by Crippen LogP contribution is 2.32. The largest absolute Gasteiger partial charge is 0.383 e. The van der Waals surface area contributed by atoms with E-state index in [1.165, 1.54) is 0 Å². The fourth-order valence-electron chi connectivity index (χ4n) is 5.84. The van der Waals surface area contributed by atoms with Gasteiger partial charge in [0.1, 0.15) is 5.82 Å². The van der Waals surface area contributed by atoms with Crippen molar-refractivity contribution in [3.05, 3.63) is 77.4 Å². The van der Waals surface area contributed by atoms with Gasteiger partial charge >= 0.3 is 0 Å². The van der Waals surface area contributed by atoms with E-state index in [-0.39, 0.29) is 30.4 Å². The molecule has 3 aromatic heterocycles. The third-order valence-corrected chi connectivity index (χ3v) is 8.21. The van der Waals surface area contributed by atoms with Crippen molar-refractivity contribution in [3.63, 3.8) is 0 Å². The molecule has 6 rings (SSSR count). The molecule has 0 amide bonds. The van der Waals surface area contributed by atoms with Gasteiger partial charge in [0, 0.05) is 68.4 Å². The summed E-state index contributed by atoms with van der Waals surface area (Å²) in [5.41, 5.74) is 12.4. The number of H-pyrrole nitrogens is 1. The van der Waals surface area contributed by atoms with Crippen LogP contribution in [0.3, 0.4) is 0 Å². The number of piperazine rings is 1. The molecule has 3 aliphatic rings. The van der Waals surface area contributed by atoms with Crippen LogP contribution in [-0.2, 0) is 0 Å². The van der Waals surface area contributed by atoms with Gasteiger partial charge in [0.25, 0.3) is 5.92 Å². The maximum Gasteiger partial charge on any atom is 0.261 e. The van der Waals surface area contributed by atoms with Crippen LogP contribution >= 0.6 is 0 Å². The summed E-state index contributed by atoms with van der Waals surface area (Å²) >= 11 is 0. The number of nitrogens with zero attached hydrogens (tertiary/aromatic N) is 5. The Labute approximate surface area is 238 Å². The summed E-state index contributed by atoms with van der Waals surface area (Å²) in [6.45, 7) is 6.54. The second-order valence-electron chi connectivity index (χ2n) is 11.5. The number of pyridine rings is 2. The van der Waals surface area contributed by atoms with Gasteiger partial charge in [0.05, 0.1) is 41.5 Å². The molecule has 3 aromatic rings. The summed E-state index contributed by atoms with van der Waals surface area (Å²) in [5.74, 6) is -2.20. The Kier molecular flexibility index (Phi) is 7.21. The number of nitrogen functional groups attached to an aromatic ring is 1. The fraction of sp³-hybridized carbons (Fsp3) is 0.387. The number of allylic oxidation sites excluding steroid dienone is 4. The molecule has 0 spiro atoms. The number of likely N-dealkylation sites (tertiary alicyclic amines) is 1. The smallest absolute Gasteiger partial charge is 0.261 e. The second kappa shape index (κ2) is 10.8. The zero-order valence-electron chi connectivity index (χ0n) is 23.5. The van der Waals surface area contributed by atoms with Crippen molar-refractivity contribution in [2.24, 2.45) is 5.92 Å². The lowest BCUT2D eigenvalue weighted by molar-refractivity contribution is 0.0131. The van der Waals surface area contributed by atoms with Crippen LogP contribution in [0.5, 0.6) is 0 Å². The molecule has 214 valence electrons. The third-order valence-electron chi connectivity index (χ3n) is 8.21. The van der Waals surface area contributed by atoms with E-state index in [2.05, 4.69) is 50.9 Å². The van der Waals surface area contributed by atoms with E-state index in [9.17, 15) is 8.78 Å². The average Bonchev–Trinajstić information content (AvgIpc) is 3.48. The molecule has 0 unspecified atom stereocenters. The monoisotopic (exact) mass is 558 g/mol. The highest BCUT2D eigenvalue weighted by molar-refractivity contribution is 6.15. The molecule has 41 heavy (non-hydrogen) atoms. The molecular weight excluding hydrogens is 522 g/mol. The SMILES string of the molecule is C[C@H]1C=CC(CN2CCC(F)(F)C2)=CC(c2cnc(N)c(C(=N)c3cc4c(N5CCN(C)CC5)cncc4[nH]3)c2)=C1. The first-order valence-corrected chi connectivity index (χ1v) is 14.1. The minimum Gasteiger partial charge on any atom is -0.383 e. The summed E-state index contributed by atoms with van der Waals surface area (Å²) in [7, 11) is 2.13. The molecule has 0 bridgehead atoms. The minimum atomic E-state index is -2.62. The highest BCUT2D eigenvalue weighted by atomic mass is 19.3. The second-order valence-corrected chi connectivity index (χ2v) is 11.5. The number of fused-ring (bicyclic) bond motifs is 1. The lowest BCUT2D eigenvalue weighted by atomic mass is 9.98. The highest BCUT2D eigenvalue weighted by Gasteiger charge is 2.38. The predicted octanol–water partition coefficient (Wildman–Crippen LogP) is 4.56. The van der Waals surface area contributed by atoms with Crippen molar-refractivity contribution in [2.75, 3.05) is 63.5 Å². The van der Waals surface area contributed by atoms with Crippen LogP contribution in [0.1, 0.15) is 30.2 Å². The number of anilines is 2. The number of aromatic nitrogens is 3. The topological polar surface area (TPSA) is 101 Å². The summed E-state index contributed by atoms with van der Waals surface area (Å²) in [5, 5.41) is 10.1. The zero-order valence-corrected chi connectivity index (χ0v) is 23.5. The van der Waals surface area contributed by atoms with E-state index in [1.807, 2.05) is 30.5 Å². The molecule has 5 heterocycles. The molecule has 0 aromatic carbocycles. The first-order chi connectivity index (χ1) is 19.6. The van der Waals surface area contributed by atoms with Crippen LogP contribution in [0, 0.1) is 11.3 Å². The molecule has 1 aliphatic carbocycles. The summed E-state index contributed by atoms with van der Waals surface area (Å²) in [6, 6.07) is 3.90. The number of nitrogens with two attached hydrogens (primary N) is 1. The Morgan fingerprint density at radius 3 is 2.71 bits per heavy atom. The van der Waals surface area contributed by atoms with Gasteiger partial charge in [0.2, 0.25) is 0 Å². The Morgan fingerprint density at radius 2 is 1.95 bits per heavy atom. The number of hydrogen-bond acceptors (Lipinski definition) is 7. The summed E-state index contributed by atoms with van der Waals surface area (Å²) in [4.78, 5) is 18.7. The lowest BCUT2D eigenvalue weighted by Crippen LogP contribution is -2.44. The van der Waals surface area contributed by atoms with Crippen LogP contribution in [-0.4, -0.2) is 89.2 Å². The Hall–Kier alpha value is -3.89. The molecule has 4 N–H and O–H groups in total. The molecule has 2 aliphatic heterocycles. The van der Waals surface area contributed by atoms with Crippen molar-refractivity contribution in [1.82, 2.24) is 24.8 Å². The molecule has 0 saturated carbocycles. The van der Waals surface area contributed by atoms with Gasteiger partial charge in [-0.15, -0.1) is 0 Å². The first kappa shape index (κ1) is 27.3. The Balaban J connectivity index is 1.29. The van der Waals surface area contributed by atoms with Crippen molar-refractivity contribution in [2.45, 2.75) is 19.3 Å². The van der Waals surface area contributed by atoms with Crippen molar-refractivity contribution >= 4 is 33.7 Å². The van der Waals surface area contributed by atoms with Gasteiger partial charge in [-0.05, 0) is 36.2 Å². The molecular formula is C31H36F2N8. The number of likely N-dealkylation sites (N-methyl/N-ethyl adjacent to an activating group) is 1. The van der Waals surface area contributed by atoms with Crippen LogP contribution in [0.2, 0.25) is 0 Å². The third kappa shape index (κ3) is 5.80. The Morgan fingerprint density at radius 1 is 1.15 bits per heavy atom. The normalized spacial score (nSPS) is 21.7. The zero-order chi connectivity index (χ0) is 28.7. The predicted molar refractivity (Wildman–Crippen MR) is 161 cm³/mol. The van der Waals surface area contributed by atoms with Crippen LogP contribution in [0.25, 0.3) is 16.5 Å². The summed E-state index contributed by atoms with van der Waals surface area (Å²) in [6.07, 6.45) is 13.6. The quantitative estimate of drug-likeness (QED) is 0.384. The van der Waals surface area contributed by atoms with Gasteiger partial charge < -0.3 is 20.5 Å². The maximum absolute atomic E-state index is 13.8. The van der Waals surface area contributed by atoms with Gasteiger partial charge in [-0.3, -0.25) is 15.3 Å². The molecule has 0 radical (unpaired) electrons. The van der Waals surface area contributed by atoms with Crippen molar-refractivity contribution in [1.29, 1.82) is 5.41 Å². The number of rotatable bonds is 6. The van der Waals surface area contributed by atoms with E-state index < -0.39 is 5.92 Å². The fourth-order valence-corrected chi connectivity index (χ4v) is 5.84. The molecule has 2 saturated heterocycles. The number of hydrogen-bond donors (Lipinski definition) is 3. The molecule has 10 heteroatoms. The summed E-state index contributed by atoms with van der Waals surface area (Å²) < 4.78 is 27.6.